The Hall–Kier alpha value is -2.47. The van der Waals surface area contributed by atoms with Gasteiger partial charge in [0.2, 0.25) is 11.8 Å². The van der Waals surface area contributed by atoms with Gasteiger partial charge in [-0.3, -0.25) is 4.79 Å². The van der Waals surface area contributed by atoms with Gasteiger partial charge in [-0.2, -0.15) is 4.98 Å². The lowest BCUT2D eigenvalue weighted by molar-refractivity contribution is -0.138. The van der Waals surface area contributed by atoms with Gasteiger partial charge in [-0.15, -0.1) is 0 Å². The average Bonchev–Trinajstić information content (AvgIpc) is 2.62. The highest BCUT2D eigenvalue weighted by Gasteiger charge is 2.24. The van der Waals surface area contributed by atoms with E-state index in [2.05, 4.69) is 9.97 Å². The Morgan fingerprint density at radius 2 is 1.88 bits per heavy atom. The Balaban J connectivity index is 1.40. The first-order valence-electron chi connectivity index (χ1n) is 8.98. The van der Waals surface area contributed by atoms with Gasteiger partial charge in [0.05, 0.1) is 6.61 Å². The maximum absolute atomic E-state index is 12.3. The molecule has 3 rings (SSSR count). The zero-order valence-corrected chi connectivity index (χ0v) is 15.4. The molecule has 0 bridgehead atoms. The highest BCUT2D eigenvalue weighted by Crippen LogP contribution is 2.18. The van der Waals surface area contributed by atoms with Crippen molar-refractivity contribution in [2.45, 2.75) is 39.4 Å². The van der Waals surface area contributed by atoms with E-state index in [0.29, 0.717) is 31.4 Å². The lowest BCUT2D eigenvalue weighted by atomic mass is 10.1. The van der Waals surface area contributed by atoms with Crippen LogP contribution >= 0.6 is 0 Å². The van der Waals surface area contributed by atoms with Crippen LogP contribution in [-0.4, -0.2) is 46.6 Å². The minimum Gasteiger partial charge on any atom is -0.474 e. The first-order valence-corrected chi connectivity index (χ1v) is 8.98. The summed E-state index contributed by atoms with van der Waals surface area (Å²) in [5.74, 6) is 1.36. The molecule has 0 N–H and O–H groups in total. The number of likely N-dealkylation sites (tertiary alicyclic amines) is 1. The number of aryl methyl sites for hydroxylation is 2. The third-order valence-electron chi connectivity index (χ3n) is 4.36. The van der Waals surface area contributed by atoms with Gasteiger partial charge in [-0.1, -0.05) is 30.3 Å². The second-order valence-corrected chi connectivity index (χ2v) is 6.57. The van der Waals surface area contributed by atoms with E-state index in [1.165, 1.54) is 0 Å². The fourth-order valence-electron chi connectivity index (χ4n) is 3.06. The van der Waals surface area contributed by atoms with Crippen LogP contribution in [-0.2, 0) is 16.1 Å². The summed E-state index contributed by atoms with van der Waals surface area (Å²) in [6.07, 6.45) is 1.68. The molecular formula is C20H25N3O3. The monoisotopic (exact) mass is 355 g/mol. The number of rotatable bonds is 6. The second kappa shape index (κ2) is 8.76. The predicted molar refractivity (Wildman–Crippen MR) is 97.8 cm³/mol. The Bertz CT molecular complexity index is 708. The van der Waals surface area contributed by atoms with E-state index in [-0.39, 0.29) is 18.6 Å². The fourth-order valence-corrected chi connectivity index (χ4v) is 3.06. The molecule has 0 radical (unpaired) electrons. The van der Waals surface area contributed by atoms with Crippen molar-refractivity contribution in [1.82, 2.24) is 14.9 Å². The van der Waals surface area contributed by atoms with Crippen LogP contribution in [0, 0.1) is 13.8 Å². The molecule has 0 unspecified atom stereocenters. The zero-order valence-electron chi connectivity index (χ0n) is 15.4. The summed E-state index contributed by atoms with van der Waals surface area (Å²) in [4.78, 5) is 22.7. The number of nitrogens with zero attached hydrogens (tertiary/aromatic N) is 3. The van der Waals surface area contributed by atoms with Gasteiger partial charge in [-0.25, -0.2) is 4.98 Å². The standard InChI is InChI=1S/C20H25N3O3/c1-15-12-19(22-16(2)21-15)26-18-8-10-23(11-9-18)20(24)14-25-13-17-6-4-3-5-7-17/h3-7,12,18H,8-11,13-14H2,1-2H3. The van der Waals surface area contributed by atoms with Gasteiger partial charge < -0.3 is 14.4 Å². The molecule has 1 saturated heterocycles. The number of benzene rings is 1. The van der Waals surface area contributed by atoms with Crippen LogP contribution in [0.1, 0.15) is 29.9 Å². The number of hydrogen-bond donors (Lipinski definition) is 0. The van der Waals surface area contributed by atoms with E-state index < -0.39 is 0 Å². The van der Waals surface area contributed by atoms with Crippen LogP contribution in [0.25, 0.3) is 0 Å². The van der Waals surface area contributed by atoms with E-state index in [9.17, 15) is 4.79 Å². The first kappa shape index (κ1) is 18.3. The smallest absolute Gasteiger partial charge is 0.248 e. The lowest BCUT2D eigenvalue weighted by Gasteiger charge is -2.32. The molecule has 2 aromatic rings. The second-order valence-electron chi connectivity index (χ2n) is 6.57. The van der Waals surface area contributed by atoms with E-state index >= 15 is 0 Å². The molecule has 0 saturated carbocycles. The van der Waals surface area contributed by atoms with Crippen molar-refractivity contribution in [2.24, 2.45) is 0 Å². The summed E-state index contributed by atoms with van der Waals surface area (Å²) in [7, 11) is 0. The Kier molecular flexibility index (Phi) is 6.17. The molecule has 1 aliphatic rings. The first-order chi connectivity index (χ1) is 12.6. The molecule has 1 aromatic heterocycles. The summed E-state index contributed by atoms with van der Waals surface area (Å²) in [6, 6.07) is 11.7. The van der Waals surface area contributed by atoms with Crippen molar-refractivity contribution < 1.29 is 14.3 Å². The number of ether oxygens (including phenoxy) is 2. The molecule has 1 fully saturated rings. The number of aromatic nitrogens is 2. The number of amides is 1. The van der Waals surface area contributed by atoms with Crippen LogP contribution in [0.15, 0.2) is 36.4 Å². The van der Waals surface area contributed by atoms with Crippen LogP contribution in [0.3, 0.4) is 0 Å². The molecule has 0 spiro atoms. The quantitative estimate of drug-likeness (QED) is 0.797. The molecule has 138 valence electrons. The van der Waals surface area contributed by atoms with Crippen LogP contribution in [0.4, 0.5) is 0 Å². The molecular weight excluding hydrogens is 330 g/mol. The third kappa shape index (κ3) is 5.26. The van der Waals surface area contributed by atoms with Crippen molar-refractivity contribution >= 4 is 5.91 Å². The largest absolute Gasteiger partial charge is 0.474 e. The minimum absolute atomic E-state index is 0.0353. The van der Waals surface area contributed by atoms with Gasteiger partial charge in [0, 0.05) is 37.7 Å². The molecule has 1 amide bonds. The van der Waals surface area contributed by atoms with Crippen molar-refractivity contribution in [3.8, 4) is 5.88 Å². The third-order valence-corrected chi connectivity index (χ3v) is 4.36. The molecule has 26 heavy (non-hydrogen) atoms. The minimum atomic E-state index is 0.0353. The number of hydrogen-bond acceptors (Lipinski definition) is 5. The SMILES string of the molecule is Cc1cc(OC2CCN(C(=O)COCc3ccccc3)CC2)nc(C)n1. The van der Waals surface area contributed by atoms with Crippen LogP contribution in [0.5, 0.6) is 5.88 Å². The van der Waals surface area contributed by atoms with Crippen molar-refractivity contribution in [3.63, 3.8) is 0 Å². The van der Waals surface area contributed by atoms with Crippen LogP contribution in [0.2, 0.25) is 0 Å². The topological polar surface area (TPSA) is 64.5 Å². The maximum Gasteiger partial charge on any atom is 0.248 e. The van der Waals surface area contributed by atoms with Gasteiger partial charge in [0.1, 0.15) is 18.5 Å². The molecule has 1 aliphatic heterocycles. The fraction of sp³-hybridized carbons (Fsp3) is 0.450. The molecule has 0 atom stereocenters. The van der Waals surface area contributed by atoms with Gasteiger partial charge >= 0.3 is 0 Å². The van der Waals surface area contributed by atoms with Crippen LogP contribution < -0.4 is 4.74 Å². The summed E-state index contributed by atoms with van der Waals surface area (Å²) >= 11 is 0. The van der Waals surface area contributed by atoms with Crippen molar-refractivity contribution in [1.29, 1.82) is 0 Å². The van der Waals surface area contributed by atoms with Gasteiger partial charge in [0.15, 0.2) is 0 Å². The molecule has 6 heteroatoms. The maximum atomic E-state index is 12.3. The Labute approximate surface area is 154 Å². The zero-order chi connectivity index (χ0) is 18.4. The predicted octanol–water partition coefficient (Wildman–Crippen LogP) is 2.68. The van der Waals surface area contributed by atoms with Gasteiger partial charge in [-0.05, 0) is 19.4 Å². The van der Waals surface area contributed by atoms with E-state index in [1.54, 1.807) is 0 Å². The summed E-state index contributed by atoms with van der Waals surface area (Å²) < 4.78 is 11.5. The normalized spacial score (nSPS) is 15.1. The molecule has 6 nitrogen and oxygen atoms in total. The Morgan fingerprint density at radius 3 is 2.58 bits per heavy atom. The summed E-state index contributed by atoms with van der Waals surface area (Å²) in [5.41, 5.74) is 1.97. The van der Waals surface area contributed by atoms with E-state index in [1.807, 2.05) is 55.1 Å². The average molecular weight is 355 g/mol. The highest BCUT2D eigenvalue weighted by molar-refractivity contribution is 5.77. The van der Waals surface area contributed by atoms with E-state index in [0.717, 1.165) is 24.1 Å². The van der Waals surface area contributed by atoms with Gasteiger partial charge in [0.25, 0.3) is 0 Å². The van der Waals surface area contributed by atoms with E-state index in [4.69, 9.17) is 9.47 Å². The molecule has 0 aliphatic carbocycles. The number of carbonyl (C=O) groups excluding carboxylic acids is 1. The summed E-state index contributed by atoms with van der Waals surface area (Å²) in [6.45, 7) is 5.72. The highest BCUT2D eigenvalue weighted by atomic mass is 16.5. The molecule has 1 aromatic carbocycles. The lowest BCUT2D eigenvalue weighted by Crippen LogP contribution is -2.43. The number of piperidine rings is 1. The van der Waals surface area contributed by atoms with Crippen molar-refractivity contribution in [2.75, 3.05) is 19.7 Å². The Morgan fingerprint density at radius 1 is 1.15 bits per heavy atom. The summed E-state index contributed by atoms with van der Waals surface area (Å²) in [5, 5.41) is 0. The number of carbonyl (C=O) groups is 1. The van der Waals surface area contributed by atoms with Crippen molar-refractivity contribution in [3.05, 3.63) is 53.5 Å². The molecule has 2 heterocycles.